The highest BCUT2D eigenvalue weighted by atomic mass is 16.8. The molecule has 2 aliphatic heterocycles. The van der Waals surface area contributed by atoms with E-state index in [0.29, 0.717) is 0 Å². The molecule has 0 bridgehead atoms. The first-order valence-corrected chi connectivity index (χ1v) is 6.39. The quantitative estimate of drug-likeness (QED) is 0.557. The smallest absolute Gasteiger partial charge is 0.252 e. The van der Waals surface area contributed by atoms with Crippen LogP contribution in [-0.2, 0) is 14.4 Å². The molecule has 0 N–H and O–H groups in total. The Morgan fingerprint density at radius 2 is 2.35 bits per heavy atom. The third-order valence-electron chi connectivity index (χ3n) is 3.70. The number of β-lactam (4-membered cyclic amide) rings is 1. The van der Waals surface area contributed by atoms with Gasteiger partial charge >= 0.3 is 0 Å². The fraction of sp³-hybridized carbons (Fsp3) is 0.769. The van der Waals surface area contributed by atoms with Crippen molar-refractivity contribution in [1.29, 1.82) is 0 Å². The van der Waals surface area contributed by atoms with Gasteiger partial charge in [-0.15, -0.1) is 6.58 Å². The van der Waals surface area contributed by atoms with Crippen molar-refractivity contribution in [1.82, 2.24) is 5.06 Å². The highest BCUT2D eigenvalue weighted by Crippen LogP contribution is 2.34. The molecule has 0 radical (unpaired) electrons. The average molecular weight is 239 g/mol. The van der Waals surface area contributed by atoms with Crippen molar-refractivity contribution in [2.45, 2.75) is 45.4 Å². The normalized spacial score (nSPS) is 35.3. The summed E-state index contributed by atoms with van der Waals surface area (Å²) in [6.07, 6.45) is 4.65. The second-order valence-electron chi connectivity index (χ2n) is 4.93. The van der Waals surface area contributed by atoms with E-state index in [-0.39, 0.29) is 30.1 Å². The van der Waals surface area contributed by atoms with Gasteiger partial charge in [0.05, 0.1) is 12.0 Å². The summed E-state index contributed by atoms with van der Waals surface area (Å²) < 4.78 is 5.47. The molecule has 2 fully saturated rings. The Morgan fingerprint density at radius 3 is 2.88 bits per heavy atom. The Morgan fingerprint density at radius 1 is 1.59 bits per heavy atom. The minimum absolute atomic E-state index is 0.0103. The van der Waals surface area contributed by atoms with Crippen LogP contribution in [-0.4, -0.2) is 29.9 Å². The van der Waals surface area contributed by atoms with E-state index in [1.54, 1.807) is 0 Å². The maximum atomic E-state index is 11.9. The Hall–Kier alpha value is -0.870. The highest BCUT2D eigenvalue weighted by molar-refractivity contribution is 5.85. The Bertz CT molecular complexity index is 299. The lowest BCUT2D eigenvalue weighted by molar-refractivity contribution is -0.318. The van der Waals surface area contributed by atoms with E-state index in [1.165, 1.54) is 5.06 Å². The number of rotatable bonds is 4. The Kier molecular flexibility index (Phi) is 3.84. The van der Waals surface area contributed by atoms with Crippen LogP contribution < -0.4 is 0 Å². The molecule has 4 heteroatoms. The molecule has 3 unspecified atom stereocenters. The maximum absolute atomic E-state index is 11.9. The summed E-state index contributed by atoms with van der Waals surface area (Å²) in [4.78, 5) is 17.5. The molecule has 2 heterocycles. The first-order chi connectivity index (χ1) is 8.15. The molecule has 17 heavy (non-hydrogen) atoms. The van der Waals surface area contributed by atoms with E-state index in [4.69, 9.17) is 9.57 Å². The summed E-state index contributed by atoms with van der Waals surface area (Å²) >= 11 is 0. The summed E-state index contributed by atoms with van der Waals surface area (Å²) in [6.45, 7) is 8.49. The van der Waals surface area contributed by atoms with E-state index in [9.17, 15) is 4.79 Å². The molecule has 1 amide bonds. The van der Waals surface area contributed by atoms with Crippen LogP contribution in [0.4, 0.5) is 0 Å². The highest BCUT2D eigenvalue weighted by Gasteiger charge is 2.48. The van der Waals surface area contributed by atoms with Crippen LogP contribution in [0.15, 0.2) is 12.7 Å². The zero-order chi connectivity index (χ0) is 12.4. The lowest BCUT2D eigenvalue weighted by atomic mass is 9.81. The second kappa shape index (κ2) is 5.19. The number of hydroxylamine groups is 2. The van der Waals surface area contributed by atoms with Crippen molar-refractivity contribution in [2.24, 2.45) is 11.8 Å². The van der Waals surface area contributed by atoms with Gasteiger partial charge in [-0.05, 0) is 25.7 Å². The monoisotopic (exact) mass is 239 g/mol. The molecular weight excluding hydrogens is 218 g/mol. The van der Waals surface area contributed by atoms with Crippen molar-refractivity contribution in [3.05, 3.63) is 12.7 Å². The first kappa shape index (κ1) is 12.6. The third-order valence-corrected chi connectivity index (χ3v) is 3.70. The fourth-order valence-corrected chi connectivity index (χ4v) is 2.50. The molecule has 2 aliphatic rings. The van der Waals surface area contributed by atoms with Crippen LogP contribution in [0.3, 0.4) is 0 Å². The van der Waals surface area contributed by atoms with Gasteiger partial charge in [0.2, 0.25) is 0 Å². The van der Waals surface area contributed by atoms with Gasteiger partial charge in [0.1, 0.15) is 0 Å². The van der Waals surface area contributed by atoms with E-state index in [1.807, 2.05) is 19.9 Å². The second-order valence-corrected chi connectivity index (χ2v) is 4.93. The predicted octanol–water partition coefficient (Wildman–Crippen LogP) is 2.11. The maximum Gasteiger partial charge on any atom is 0.252 e. The molecule has 2 rings (SSSR count). The topological polar surface area (TPSA) is 38.8 Å². The minimum Gasteiger partial charge on any atom is -0.350 e. The summed E-state index contributed by atoms with van der Waals surface area (Å²) in [7, 11) is 0. The molecular formula is C13H21NO3. The summed E-state index contributed by atoms with van der Waals surface area (Å²) in [5.74, 6) is 0.264. The fourth-order valence-electron chi connectivity index (χ4n) is 2.50. The SMILES string of the molecule is C=CC(C)C1C(=O)N(OC2CCCCO2)[C@H]1C. The van der Waals surface area contributed by atoms with Crippen molar-refractivity contribution < 1.29 is 14.4 Å². The summed E-state index contributed by atoms with van der Waals surface area (Å²) in [5, 5.41) is 1.47. The average Bonchev–Trinajstić information content (AvgIpc) is 2.37. The standard InChI is InChI=1S/C13H21NO3/c1-4-9(2)12-10(3)14(13(12)15)17-11-7-5-6-8-16-11/h4,9-12H,1,5-8H2,2-3H3/t9?,10-,11?,12?/m0/s1. The molecule has 0 aliphatic carbocycles. The molecule has 96 valence electrons. The number of nitrogens with zero attached hydrogens (tertiary/aromatic N) is 1. The van der Waals surface area contributed by atoms with Gasteiger partial charge in [0.25, 0.3) is 5.91 Å². The van der Waals surface area contributed by atoms with E-state index < -0.39 is 0 Å². The molecule has 4 atom stereocenters. The van der Waals surface area contributed by atoms with Crippen molar-refractivity contribution in [2.75, 3.05) is 6.61 Å². The van der Waals surface area contributed by atoms with Gasteiger partial charge in [-0.1, -0.05) is 13.0 Å². The van der Waals surface area contributed by atoms with Crippen molar-refractivity contribution >= 4 is 5.91 Å². The molecule has 2 saturated heterocycles. The molecule has 0 aromatic rings. The number of carbonyl (C=O) groups is 1. The molecule has 0 aromatic heterocycles. The number of ether oxygens (including phenoxy) is 1. The van der Waals surface area contributed by atoms with Crippen LogP contribution in [0.5, 0.6) is 0 Å². The van der Waals surface area contributed by atoms with Gasteiger partial charge in [0, 0.05) is 13.0 Å². The molecule has 4 nitrogen and oxygen atoms in total. The molecule has 0 saturated carbocycles. The van der Waals surface area contributed by atoms with Crippen LogP contribution in [0.1, 0.15) is 33.1 Å². The van der Waals surface area contributed by atoms with Crippen LogP contribution in [0.25, 0.3) is 0 Å². The van der Waals surface area contributed by atoms with Crippen LogP contribution >= 0.6 is 0 Å². The van der Waals surface area contributed by atoms with Gasteiger partial charge in [-0.3, -0.25) is 4.79 Å². The zero-order valence-corrected chi connectivity index (χ0v) is 10.6. The van der Waals surface area contributed by atoms with Crippen molar-refractivity contribution in [3.63, 3.8) is 0 Å². The minimum atomic E-state index is -0.241. The Labute approximate surface area is 103 Å². The van der Waals surface area contributed by atoms with Crippen LogP contribution in [0, 0.1) is 11.8 Å². The van der Waals surface area contributed by atoms with Gasteiger partial charge in [-0.25, -0.2) is 9.90 Å². The summed E-state index contributed by atoms with van der Waals surface area (Å²) in [5.41, 5.74) is 0. The number of hydrogen-bond acceptors (Lipinski definition) is 3. The largest absolute Gasteiger partial charge is 0.350 e. The number of allylic oxidation sites excluding steroid dienone is 1. The molecule has 0 spiro atoms. The van der Waals surface area contributed by atoms with Crippen molar-refractivity contribution in [3.8, 4) is 0 Å². The zero-order valence-electron chi connectivity index (χ0n) is 10.6. The number of carbonyl (C=O) groups excluding carboxylic acids is 1. The van der Waals surface area contributed by atoms with E-state index in [2.05, 4.69) is 6.58 Å². The lowest BCUT2D eigenvalue weighted by Gasteiger charge is -2.47. The third kappa shape index (κ3) is 2.38. The number of amides is 1. The van der Waals surface area contributed by atoms with Crippen LogP contribution in [0.2, 0.25) is 0 Å². The van der Waals surface area contributed by atoms with Gasteiger partial charge < -0.3 is 4.74 Å². The van der Waals surface area contributed by atoms with E-state index in [0.717, 1.165) is 25.9 Å². The lowest BCUT2D eigenvalue weighted by Crippen LogP contribution is -2.62. The van der Waals surface area contributed by atoms with Gasteiger partial charge in [0.15, 0.2) is 6.29 Å². The summed E-state index contributed by atoms with van der Waals surface area (Å²) in [6, 6.07) is 0.112. The van der Waals surface area contributed by atoms with Gasteiger partial charge in [-0.2, -0.15) is 0 Å². The predicted molar refractivity (Wildman–Crippen MR) is 63.8 cm³/mol. The number of hydrogen-bond donors (Lipinski definition) is 0. The van der Waals surface area contributed by atoms with E-state index >= 15 is 0 Å². The molecule has 0 aromatic carbocycles. The first-order valence-electron chi connectivity index (χ1n) is 6.39. The Balaban J connectivity index is 1.87.